The van der Waals surface area contributed by atoms with Crippen molar-refractivity contribution in [2.45, 2.75) is 32.5 Å². The third-order valence-corrected chi connectivity index (χ3v) is 3.93. The number of halogens is 1. The molecule has 1 fully saturated rings. The molecule has 0 bridgehead atoms. The van der Waals surface area contributed by atoms with Gasteiger partial charge in [0.05, 0.1) is 18.3 Å². The quantitative estimate of drug-likeness (QED) is 0.836. The van der Waals surface area contributed by atoms with E-state index in [1.54, 1.807) is 4.52 Å². The van der Waals surface area contributed by atoms with Gasteiger partial charge in [-0.25, -0.2) is 0 Å². The lowest BCUT2D eigenvalue weighted by atomic mass is 10.0. The monoisotopic (exact) mass is 311 g/mol. The topological polar surface area (TPSA) is 75.8 Å². The zero-order valence-electron chi connectivity index (χ0n) is 12.2. The van der Waals surface area contributed by atoms with E-state index in [0.29, 0.717) is 24.0 Å². The average molecular weight is 312 g/mol. The van der Waals surface area contributed by atoms with Crippen LogP contribution in [0.25, 0.3) is 5.78 Å². The van der Waals surface area contributed by atoms with Crippen LogP contribution in [-0.4, -0.2) is 56.1 Å². The molecule has 21 heavy (non-hydrogen) atoms. The summed E-state index contributed by atoms with van der Waals surface area (Å²) in [4.78, 5) is 10.4. The number of nitrogens with zero attached hydrogens (tertiary/aromatic N) is 5. The largest absolute Gasteiger partial charge is 0.394 e. The molecule has 1 atom stereocenters. The summed E-state index contributed by atoms with van der Waals surface area (Å²) < 4.78 is 7.53. The van der Waals surface area contributed by atoms with Crippen molar-refractivity contribution in [3.63, 3.8) is 0 Å². The first-order chi connectivity index (χ1) is 9.91. The Morgan fingerprint density at radius 3 is 3.00 bits per heavy atom. The molecule has 0 saturated carbocycles. The van der Waals surface area contributed by atoms with Crippen LogP contribution in [0.4, 0.5) is 5.82 Å². The number of anilines is 1. The summed E-state index contributed by atoms with van der Waals surface area (Å²) in [6, 6.07) is 0. The molecule has 2 aromatic rings. The molecule has 8 heteroatoms. The smallest absolute Gasteiger partial charge is 0.255 e. The first kappa shape index (κ1) is 14.5. The number of aliphatic hydroxyl groups is 1. The Hall–Kier alpha value is -1.44. The first-order valence-electron chi connectivity index (χ1n) is 6.81. The van der Waals surface area contributed by atoms with Crippen molar-refractivity contribution in [2.75, 3.05) is 24.6 Å². The van der Waals surface area contributed by atoms with Crippen molar-refractivity contribution in [1.82, 2.24) is 19.6 Å². The molecule has 7 nitrogen and oxygen atoms in total. The van der Waals surface area contributed by atoms with Gasteiger partial charge in [0.1, 0.15) is 17.3 Å². The minimum Gasteiger partial charge on any atom is -0.394 e. The number of hydrogen-bond donors (Lipinski definition) is 1. The lowest BCUT2D eigenvalue weighted by Gasteiger charge is -2.43. The third-order valence-electron chi connectivity index (χ3n) is 3.56. The summed E-state index contributed by atoms with van der Waals surface area (Å²) in [5, 5.41) is 14.1. The summed E-state index contributed by atoms with van der Waals surface area (Å²) in [5.74, 6) is 1.31. The van der Waals surface area contributed by atoms with E-state index >= 15 is 0 Å². The minimum atomic E-state index is -0.374. The molecule has 1 saturated heterocycles. The van der Waals surface area contributed by atoms with Crippen molar-refractivity contribution in [3.05, 3.63) is 17.0 Å². The zero-order chi connectivity index (χ0) is 15.2. The van der Waals surface area contributed by atoms with Crippen LogP contribution in [0.5, 0.6) is 0 Å². The predicted molar refractivity (Wildman–Crippen MR) is 78.8 cm³/mol. The molecular weight excluding hydrogens is 294 g/mol. The van der Waals surface area contributed by atoms with Crippen LogP contribution in [0, 0.1) is 6.92 Å². The fourth-order valence-electron chi connectivity index (χ4n) is 2.81. The highest BCUT2D eigenvalue weighted by molar-refractivity contribution is 6.30. The second-order valence-electron chi connectivity index (χ2n) is 5.89. The Bertz CT molecular complexity index is 672. The number of aromatic nitrogens is 4. The molecule has 0 radical (unpaired) electrons. The van der Waals surface area contributed by atoms with Crippen molar-refractivity contribution in [3.8, 4) is 0 Å². The van der Waals surface area contributed by atoms with Crippen LogP contribution in [0.15, 0.2) is 6.33 Å². The van der Waals surface area contributed by atoms with E-state index < -0.39 is 0 Å². The van der Waals surface area contributed by atoms with Crippen LogP contribution in [0.3, 0.4) is 0 Å². The van der Waals surface area contributed by atoms with Crippen molar-refractivity contribution in [1.29, 1.82) is 0 Å². The maximum atomic E-state index is 9.46. The van der Waals surface area contributed by atoms with E-state index in [4.69, 9.17) is 16.3 Å². The van der Waals surface area contributed by atoms with Crippen LogP contribution in [0.2, 0.25) is 5.15 Å². The van der Waals surface area contributed by atoms with Crippen LogP contribution in [0.1, 0.15) is 19.4 Å². The Balaban J connectivity index is 2.10. The van der Waals surface area contributed by atoms with Gasteiger partial charge >= 0.3 is 0 Å². The molecule has 3 rings (SSSR count). The molecule has 0 amide bonds. The van der Waals surface area contributed by atoms with Gasteiger partial charge in [0.15, 0.2) is 0 Å². The predicted octanol–water partition coefficient (Wildman–Crippen LogP) is 1.06. The molecule has 0 aromatic carbocycles. The SMILES string of the molecule is Cc1c(Cl)nc2ncnn2c1N1CC(CO)OC(C)(C)C1. The third kappa shape index (κ3) is 2.56. The normalized spacial score (nSPS) is 22.0. The number of aliphatic hydroxyl groups excluding tert-OH is 1. The van der Waals surface area contributed by atoms with Gasteiger partial charge in [-0.1, -0.05) is 11.6 Å². The van der Waals surface area contributed by atoms with Gasteiger partial charge in [0, 0.05) is 18.7 Å². The summed E-state index contributed by atoms with van der Waals surface area (Å²) in [5.41, 5.74) is 0.463. The Morgan fingerprint density at radius 1 is 1.52 bits per heavy atom. The maximum absolute atomic E-state index is 9.46. The van der Waals surface area contributed by atoms with E-state index in [1.807, 2.05) is 20.8 Å². The second-order valence-corrected chi connectivity index (χ2v) is 6.24. The van der Waals surface area contributed by atoms with Gasteiger partial charge in [-0.2, -0.15) is 19.6 Å². The maximum Gasteiger partial charge on any atom is 0.255 e. The fourth-order valence-corrected chi connectivity index (χ4v) is 2.97. The fraction of sp³-hybridized carbons (Fsp3) is 0.615. The molecule has 1 N–H and O–H groups in total. The van der Waals surface area contributed by atoms with Gasteiger partial charge in [-0.05, 0) is 20.8 Å². The second kappa shape index (κ2) is 5.08. The molecule has 1 aliphatic heterocycles. The molecular formula is C13H18ClN5O2. The van der Waals surface area contributed by atoms with Gasteiger partial charge in [0.25, 0.3) is 5.78 Å². The molecule has 0 spiro atoms. The standard InChI is InChI=1S/C13H18ClN5O2/c1-8-10(14)17-12-15-7-16-19(12)11(8)18-4-9(5-20)21-13(2,3)6-18/h7,9,20H,4-6H2,1-3H3. The number of hydrogen-bond acceptors (Lipinski definition) is 6. The van der Waals surface area contributed by atoms with Gasteiger partial charge < -0.3 is 14.7 Å². The van der Waals surface area contributed by atoms with E-state index in [0.717, 1.165) is 11.4 Å². The molecule has 0 aliphatic carbocycles. The van der Waals surface area contributed by atoms with Crippen LogP contribution in [-0.2, 0) is 4.74 Å². The summed E-state index contributed by atoms with van der Waals surface area (Å²) >= 11 is 6.21. The van der Waals surface area contributed by atoms with E-state index in [9.17, 15) is 5.11 Å². The summed E-state index contributed by atoms with van der Waals surface area (Å²) in [6.07, 6.45) is 1.20. The number of morpholine rings is 1. The summed E-state index contributed by atoms with van der Waals surface area (Å²) in [6.45, 7) is 7.10. The summed E-state index contributed by atoms with van der Waals surface area (Å²) in [7, 11) is 0. The van der Waals surface area contributed by atoms with Crippen LogP contribution >= 0.6 is 11.6 Å². The van der Waals surface area contributed by atoms with Gasteiger partial charge in [-0.15, -0.1) is 0 Å². The molecule has 114 valence electrons. The van der Waals surface area contributed by atoms with E-state index in [2.05, 4.69) is 20.0 Å². The van der Waals surface area contributed by atoms with Crippen molar-refractivity contribution >= 4 is 23.2 Å². The highest BCUT2D eigenvalue weighted by atomic mass is 35.5. The van der Waals surface area contributed by atoms with Crippen LogP contribution < -0.4 is 4.90 Å². The lowest BCUT2D eigenvalue weighted by molar-refractivity contribution is -0.101. The highest BCUT2D eigenvalue weighted by Gasteiger charge is 2.35. The highest BCUT2D eigenvalue weighted by Crippen LogP contribution is 2.30. The molecule has 1 aliphatic rings. The number of rotatable bonds is 2. The molecule has 1 unspecified atom stereocenters. The zero-order valence-corrected chi connectivity index (χ0v) is 13.0. The molecule has 3 heterocycles. The van der Waals surface area contributed by atoms with E-state index in [-0.39, 0.29) is 18.3 Å². The Morgan fingerprint density at radius 2 is 2.29 bits per heavy atom. The minimum absolute atomic E-state index is 0.0295. The Kier molecular flexibility index (Phi) is 3.51. The molecule has 2 aromatic heterocycles. The van der Waals surface area contributed by atoms with Gasteiger partial charge in [0.2, 0.25) is 0 Å². The Labute approximate surface area is 127 Å². The lowest BCUT2D eigenvalue weighted by Crippen LogP contribution is -2.54. The number of fused-ring (bicyclic) bond motifs is 1. The van der Waals surface area contributed by atoms with Gasteiger partial charge in [-0.3, -0.25) is 0 Å². The van der Waals surface area contributed by atoms with Crippen molar-refractivity contribution < 1.29 is 9.84 Å². The van der Waals surface area contributed by atoms with Crippen molar-refractivity contribution in [2.24, 2.45) is 0 Å². The van der Waals surface area contributed by atoms with E-state index in [1.165, 1.54) is 6.33 Å². The number of ether oxygens (including phenoxy) is 1. The average Bonchev–Trinajstić information content (AvgIpc) is 2.85. The first-order valence-corrected chi connectivity index (χ1v) is 7.18.